The molecule has 2 rings (SSSR count). The molecule has 0 unspecified atom stereocenters. The fourth-order valence-corrected chi connectivity index (χ4v) is 4.81. The monoisotopic (exact) mass is 380 g/mol. The second-order valence-corrected chi connectivity index (χ2v) is 7.67. The summed E-state index contributed by atoms with van der Waals surface area (Å²) >= 11 is -0.613. The average Bonchev–Trinajstić information content (AvgIpc) is 2.21. The van der Waals surface area contributed by atoms with Crippen LogP contribution >= 0.6 is 0 Å². The third-order valence-corrected chi connectivity index (χ3v) is 6.10. The Bertz CT molecular complexity index is 321. The molecule has 70 valence electrons. The first kappa shape index (κ1) is 11.4. The Kier molecular flexibility index (Phi) is 4.78. The van der Waals surface area contributed by atoms with E-state index in [2.05, 4.69) is 60.7 Å². The Morgan fingerprint density at radius 3 is 1.29 bits per heavy atom. The summed E-state index contributed by atoms with van der Waals surface area (Å²) in [5.74, 6) is 0. The molecule has 1 nitrogen and oxygen atoms in total. The van der Waals surface area contributed by atoms with E-state index in [1.807, 2.05) is 0 Å². The van der Waals surface area contributed by atoms with Crippen LogP contribution in [0.25, 0.3) is 0 Å². The van der Waals surface area contributed by atoms with Gasteiger partial charge in [-0.1, -0.05) is 0 Å². The van der Waals surface area contributed by atoms with Crippen molar-refractivity contribution in [2.75, 3.05) is 0 Å². The van der Waals surface area contributed by atoms with Crippen LogP contribution in [0.3, 0.4) is 0 Å². The van der Waals surface area contributed by atoms with Gasteiger partial charge in [0.2, 0.25) is 0 Å². The molecule has 0 aliphatic carbocycles. The maximum atomic E-state index is 2.24. The molecule has 0 bridgehead atoms. The fourth-order valence-electron chi connectivity index (χ4n) is 1.15. The molecule has 2 radical (unpaired) electrons. The normalized spacial score (nSPS) is 9.14. The molecule has 1 N–H and O–H groups in total. The van der Waals surface area contributed by atoms with Gasteiger partial charge < -0.3 is 5.48 Å². The van der Waals surface area contributed by atoms with E-state index in [4.69, 9.17) is 0 Å². The van der Waals surface area contributed by atoms with Crippen LogP contribution in [0, 0.1) is 0 Å². The van der Waals surface area contributed by atoms with Gasteiger partial charge in [-0.15, -0.1) is 0 Å². The fraction of sp³-hybridized carbons (Fsp3) is 0. The molecule has 0 amide bonds. The van der Waals surface area contributed by atoms with Gasteiger partial charge in [-0.25, -0.2) is 0 Å². The summed E-state index contributed by atoms with van der Waals surface area (Å²) in [5.41, 5.74) is 0. The molecule has 2 aromatic rings. The van der Waals surface area contributed by atoms with Gasteiger partial charge in [0.25, 0.3) is 0 Å². The van der Waals surface area contributed by atoms with Crippen molar-refractivity contribution in [3.8, 4) is 0 Å². The zero-order valence-electron chi connectivity index (χ0n) is 7.67. The van der Waals surface area contributed by atoms with Crippen LogP contribution in [0.4, 0.5) is 0 Å². The molecule has 0 aliphatic heterocycles. The molecule has 0 saturated carbocycles. The summed E-state index contributed by atoms with van der Waals surface area (Å²) in [5, 5.41) is 0. The minimum atomic E-state index is -0.613. The molecular formula is C12H11BiO. The van der Waals surface area contributed by atoms with E-state index in [-0.39, 0.29) is 5.48 Å². The molecular weight excluding hydrogens is 369 g/mol. The average molecular weight is 380 g/mol. The predicted octanol–water partition coefficient (Wildman–Crippen LogP) is 1.16. The van der Waals surface area contributed by atoms with Crippen molar-refractivity contribution in [1.29, 1.82) is 0 Å². The standard InChI is InChI=1S/2C6H5.Bi.H2O/c2*1-2-4-6-5-3-1;;/h2*1-5H;;1H2/q;;+1;/p-1. The molecule has 0 saturated heterocycles. The summed E-state index contributed by atoms with van der Waals surface area (Å²) in [6, 6.07) is 21.6. The summed E-state index contributed by atoms with van der Waals surface area (Å²) in [6.07, 6.45) is 0. The van der Waals surface area contributed by atoms with Crippen LogP contribution in [0.5, 0.6) is 0 Å². The Morgan fingerprint density at radius 1 is 0.571 bits per heavy atom. The van der Waals surface area contributed by atoms with Crippen molar-refractivity contribution < 1.29 is 5.48 Å². The van der Waals surface area contributed by atoms with Crippen LogP contribution in [-0.4, -0.2) is 28.7 Å². The first-order chi connectivity index (χ1) is 6.45. The number of rotatable bonds is 2. The molecule has 2 aromatic carbocycles. The van der Waals surface area contributed by atoms with Crippen LogP contribution in [0.2, 0.25) is 0 Å². The van der Waals surface area contributed by atoms with Gasteiger partial charge in [0.05, 0.1) is 0 Å². The van der Waals surface area contributed by atoms with Crippen LogP contribution in [-0.2, 0) is 0 Å². The quantitative estimate of drug-likeness (QED) is 0.720. The van der Waals surface area contributed by atoms with Gasteiger partial charge >= 0.3 is 90.4 Å². The maximum absolute atomic E-state index is 2.24. The van der Waals surface area contributed by atoms with E-state index in [9.17, 15) is 0 Å². The number of hydrogen-bond acceptors (Lipinski definition) is 1. The van der Waals surface area contributed by atoms with Gasteiger partial charge in [0.15, 0.2) is 0 Å². The van der Waals surface area contributed by atoms with Crippen LogP contribution in [0.15, 0.2) is 60.7 Å². The van der Waals surface area contributed by atoms with Crippen molar-refractivity contribution in [1.82, 2.24) is 0 Å². The molecule has 0 aliphatic rings. The van der Waals surface area contributed by atoms with E-state index in [0.717, 1.165) is 0 Å². The van der Waals surface area contributed by atoms with Gasteiger partial charge in [0.1, 0.15) is 0 Å². The molecule has 0 spiro atoms. The summed E-state index contributed by atoms with van der Waals surface area (Å²) < 4.78 is 3.10. The Morgan fingerprint density at radius 2 is 0.929 bits per heavy atom. The molecule has 2 heteroatoms. The van der Waals surface area contributed by atoms with Crippen molar-refractivity contribution in [3.63, 3.8) is 0 Å². The number of benzene rings is 2. The van der Waals surface area contributed by atoms with E-state index >= 15 is 0 Å². The summed E-state index contributed by atoms with van der Waals surface area (Å²) in [7, 11) is 0. The first-order valence-corrected chi connectivity index (χ1v) is 7.75. The topological polar surface area (TPSA) is 30.0 Å². The molecule has 0 aromatic heterocycles. The van der Waals surface area contributed by atoms with Crippen molar-refractivity contribution >= 4 is 29.8 Å². The van der Waals surface area contributed by atoms with Gasteiger partial charge in [0, 0.05) is 0 Å². The van der Waals surface area contributed by atoms with E-state index in [0.29, 0.717) is 0 Å². The second-order valence-electron chi connectivity index (χ2n) is 2.78. The third-order valence-electron chi connectivity index (χ3n) is 1.77. The third kappa shape index (κ3) is 3.21. The van der Waals surface area contributed by atoms with E-state index < -0.39 is 23.2 Å². The SMILES string of the molecule is [OH-].c1cc[c]([Bi+][c]2ccccc2)cc1. The Labute approximate surface area is 95.7 Å². The van der Waals surface area contributed by atoms with Crippen molar-refractivity contribution in [3.05, 3.63) is 60.7 Å². The first-order valence-electron chi connectivity index (χ1n) is 4.27. The number of hydrogen-bond donors (Lipinski definition) is 0. The Hall–Kier alpha value is -0.717. The second kappa shape index (κ2) is 5.90. The van der Waals surface area contributed by atoms with Crippen molar-refractivity contribution in [2.24, 2.45) is 0 Å². The predicted molar refractivity (Wildman–Crippen MR) is 59.8 cm³/mol. The van der Waals surface area contributed by atoms with E-state index in [1.54, 1.807) is 6.54 Å². The van der Waals surface area contributed by atoms with E-state index in [1.165, 1.54) is 0 Å². The minimum absolute atomic E-state index is 0. The molecule has 0 heterocycles. The van der Waals surface area contributed by atoms with Gasteiger partial charge in [-0.3, -0.25) is 0 Å². The van der Waals surface area contributed by atoms with Gasteiger partial charge in [-0.05, 0) is 0 Å². The molecule has 0 fully saturated rings. The molecule has 14 heavy (non-hydrogen) atoms. The van der Waals surface area contributed by atoms with Crippen LogP contribution in [0.1, 0.15) is 0 Å². The zero-order valence-corrected chi connectivity index (χ0v) is 11.1. The summed E-state index contributed by atoms with van der Waals surface area (Å²) in [6.45, 7) is 0. The molecule has 0 atom stereocenters. The summed E-state index contributed by atoms with van der Waals surface area (Å²) in [4.78, 5) is 0. The van der Waals surface area contributed by atoms with Crippen molar-refractivity contribution in [2.45, 2.75) is 0 Å². The van der Waals surface area contributed by atoms with Crippen LogP contribution < -0.4 is 6.54 Å². The zero-order chi connectivity index (χ0) is 8.93. The van der Waals surface area contributed by atoms with Gasteiger partial charge in [-0.2, -0.15) is 0 Å². The Balaban J connectivity index is 0.000000980.